The number of nitrogens with zero attached hydrogens (tertiary/aromatic N) is 2. The van der Waals surface area contributed by atoms with Crippen LogP contribution < -0.4 is 4.74 Å². The molecule has 0 unspecified atom stereocenters. The van der Waals surface area contributed by atoms with Gasteiger partial charge in [-0.15, -0.1) is 0 Å². The Morgan fingerprint density at radius 1 is 1.10 bits per heavy atom. The zero-order valence-electron chi connectivity index (χ0n) is 10.8. The Labute approximate surface area is 134 Å². The minimum atomic E-state index is 0.219. The van der Waals surface area contributed by atoms with Crippen molar-refractivity contribution in [2.24, 2.45) is 0 Å². The topological polar surface area (TPSA) is 48.2 Å². The third-order valence-electron chi connectivity index (χ3n) is 2.77. The maximum absolute atomic E-state index is 6.10. The summed E-state index contributed by atoms with van der Waals surface area (Å²) in [6.45, 7) is 0.219. The van der Waals surface area contributed by atoms with Gasteiger partial charge in [0.05, 0.1) is 15.1 Å². The van der Waals surface area contributed by atoms with E-state index in [0.717, 1.165) is 10.2 Å². The summed E-state index contributed by atoms with van der Waals surface area (Å²) in [6.07, 6.45) is 0. The maximum atomic E-state index is 6.10. The maximum Gasteiger partial charge on any atom is 0.259 e. The molecular formula is C15H10BrClN2O2. The third kappa shape index (κ3) is 3.25. The molecule has 6 heteroatoms. The summed E-state index contributed by atoms with van der Waals surface area (Å²) in [5.74, 6) is 1.56. The summed E-state index contributed by atoms with van der Waals surface area (Å²) in [6, 6.07) is 14.9. The average Bonchev–Trinajstić information content (AvgIpc) is 2.96. The van der Waals surface area contributed by atoms with E-state index in [0.29, 0.717) is 22.3 Å². The van der Waals surface area contributed by atoms with Crippen LogP contribution in [0.3, 0.4) is 0 Å². The fourth-order valence-electron chi connectivity index (χ4n) is 1.76. The Bertz CT molecular complexity index is 761. The second-order valence-electron chi connectivity index (χ2n) is 4.21. The molecule has 0 fully saturated rings. The predicted molar refractivity (Wildman–Crippen MR) is 83.2 cm³/mol. The van der Waals surface area contributed by atoms with Crippen LogP contribution in [0.4, 0.5) is 0 Å². The van der Waals surface area contributed by atoms with Crippen molar-refractivity contribution in [1.82, 2.24) is 10.1 Å². The van der Waals surface area contributed by atoms with Crippen molar-refractivity contribution >= 4 is 27.5 Å². The molecule has 1 heterocycles. The molecule has 0 aliphatic rings. The van der Waals surface area contributed by atoms with Gasteiger partial charge in [-0.3, -0.25) is 0 Å². The van der Waals surface area contributed by atoms with Crippen LogP contribution in [0.2, 0.25) is 5.02 Å². The fourth-order valence-corrected chi connectivity index (χ4v) is 2.38. The molecule has 0 aliphatic heterocycles. The Kier molecular flexibility index (Phi) is 4.22. The number of hydrogen-bond donors (Lipinski definition) is 0. The molecule has 106 valence electrons. The Hall–Kier alpha value is -1.85. The fraction of sp³-hybridized carbons (Fsp3) is 0.0667. The highest BCUT2D eigenvalue weighted by Gasteiger charge is 2.12. The van der Waals surface area contributed by atoms with E-state index in [1.807, 2.05) is 42.5 Å². The lowest BCUT2D eigenvalue weighted by Gasteiger charge is -2.04. The van der Waals surface area contributed by atoms with Crippen LogP contribution in [0.15, 0.2) is 57.5 Å². The zero-order chi connectivity index (χ0) is 14.7. The molecule has 0 N–H and O–H groups in total. The summed E-state index contributed by atoms with van der Waals surface area (Å²) in [5, 5.41) is 4.46. The van der Waals surface area contributed by atoms with Crippen molar-refractivity contribution in [3.05, 3.63) is 63.9 Å². The van der Waals surface area contributed by atoms with Gasteiger partial charge >= 0.3 is 0 Å². The Morgan fingerprint density at radius 2 is 1.86 bits per heavy atom. The van der Waals surface area contributed by atoms with Gasteiger partial charge in [0.15, 0.2) is 6.61 Å². The smallest absolute Gasteiger partial charge is 0.259 e. The largest absolute Gasteiger partial charge is 0.484 e. The standard InChI is InChI=1S/C15H10BrClN2O2/c16-11-6-2-4-8-13(11)20-9-14-18-15(21-19-14)10-5-1-3-7-12(10)17/h1-8H,9H2. The number of hydrogen-bond acceptors (Lipinski definition) is 4. The van der Waals surface area contributed by atoms with E-state index in [2.05, 4.69) is 26.1 Å². The average molecular weight is 366 g/mol. The predicted octanol–water partition coefficient (Wildman–Crippen LogP) is 4.73. The van der Waals surface area contributed by atoms with Gasteiger partial charge in [-0.05, 0) is 40.2 Å². The molecule has 2 aromatic carbocycles. The molecule has 0 spiro atoms. The van der Waals surface area contributed by atoms with E-state index < -0.39 is 0 Å². The van der Waals surface area contributed by atoms with Gasteiger partial charge in [0.1, 0.15) is 5.75 Å². The number of halogens is 2. The van der Waals surface area contributed by atoms with Crippen molar-refractivity contribution in [3.63, 3.8) is 0 Å². The monoisotopic (exact) mass is 364 g/mol. The molecule has 21 heavy (non-hydrogen) atoms. The van der Waals surface area contributed by atoms with Gasteiger partial charge in [-0.1, -0.05) is 41.0 Å². The van der Waals surface area contributed by atoms with Crippen LogP contribution in [0.5, 0.6) is 5.75 Å². The summed E-state index contributed by atoms with van der Waals surface area (Å²) in [4.78, 5) is 4.28. The van der Waals surface area contributed by atoms with Crippen molar-refractivity contribution in [3.8, 4) is 17.2 Å². The van der Waals surface area contributed by atoms with Crippen LogP contribution in [-0.4, -0.2) is 10.1 Å². The van der Waals surface area contributed by atoms with Crippen LogP contribution in [0, 0.1) is 0 Å². The molecule has 0 aliphatic carbocycles. The Balaban J connectivity index is 1.74. The molecule has 1 aromatic heterocycles. The van der Waals surface area contributed by atoms with Crippen molar-refractivity contribution in [2.75, 3.05) is 0 Å². The molecule has 4 nitrogen and oxygen atoms in total. The molecule has 3 aromatic rings. The SMILES string of the molecule is Clc1ccccc1-c1nc(COc2ccccc2Br)no1. The van der Waals surface area contributed by atoms with E-state index in [1.54, 1.807) is 6.07 Å². The number of para-hydroxylation sites is 1. The van der Waals surface area contributed by atoms with E-state index in [4.69, 9.17) is 20.9 Å². The van der Waals surface area contributed by atoms with Gasteiger partial charge in [-0.25, -0.2) is 0 Å². The zero-order valence-corrected chi connectivity index (χ0v) is 13.1. The first kappa shape index (κ1) is 14.1. The first-order valence-corrected chi connectivity index (χ1v) is 7.36. The molecular weight excluding hydrogens is 356 g/mol. The lowest BCUT2D eigenvalue weighted by Crippen LogP contribution is -1.98. The second-order valence-corrected chi connectivity index (χ2v) is 5.48. The highest BCUT2D eigenvalue weighted by molar-refractivity contribution is 9.10. The van der Waals surface area contributed by atoms with Crippen molar-refractivity contribution in [2.45, 2.75) is 6.61 Å². The summed E-state index contributed by atoms with van der Waals surface area (Å²) in [7, 11) is 0. The van der Waals surface area contributed by atoms with Crippen molar-refractivity contribution < 1.29 is 9.26 Å². The highest BCUT2D eigenvalue weighted by Crippen LogP contribution is 2.27. The van der Waals surface area contributed by atoms with Gasteiger partial charge in [0, 0.05) is 0 Å². The normalized spacial score (nSPS) is 10.6. The van der Waals surface area contributed by atoms with E-state index in [1.165, 1.54) is 0 Å². The molecule has 0 bridgehead atoms. The molecule has 0 radical (unpaired) electrons. The first-order valence-electron chi connectivity index (χ1n) is 6.19. The summed E-state index contributed by atoms with van der Waals surface area (Å²) >= 11 is 9.51. The van der Waals surface area contributed by atoms with Gasteiger partial charge in [0.25, 0.3) is 5.89 Å². The number of rotatable bonds is 4. The van der Waals surface area contributed by atoms with Gasteiger partial charge in [0.2, 0.25) is 5.82 Å². The number of benzene rings is 2. The minimum Gasteiger partial charge on any atom is -0.484 e. The molecule has 0 saturated heterocycles. The first-order chi connectivity index (χ1) is 10.2. The van der Waals surface area contributed by atoms with Crippen LogP contribution in [0.25, 0.3) is 11.5 Å². The number of ether oxygens (including phenoxy) is 1. The molecule has 0 saturated carbocycles. The second kappa shape index (κ2) is 6.28. The molecule has 0 amide bonds. The summed E-state index contributed by atoms with van der Waals surface area (Å²) < 4.78 is 11.7. The van der Waals surface area contributed by atoms with Gasteiger partial charge in [-0.2, -0.15) is 4.98 Å². The van der Waals surface area contributed by atoms with Gasteiger partial charge < -0.3 is 9.26 Å². The minimum absolute atomic E-state index is 0.219. The number of aromatic nitrogens is 2. The highest BCUT2D eigenvalue weighted by atomic mass is 79.9. The lowest BCUT2D eigenvalue weighted by molar-refractivity contribution is 0.285. The molecule has 3 rings (SSSR count). The van der Waals surface area contributed by atoms with Crippen LogP contribution in [-0.2, 0) is 6.61 Å². The Morgan fingerprint density at radius 3 is 2.67 bits per heavy atom. The van der Waals surface area contributed by atoms with E-state index >= 15 is 0 Å². The third-order valence-corrected chi connectivity index (χ3v) is 3.75. The van der Waals surface area contributed by atoms with Crippen LogP contribution in [0.1, 0.15) is 5.82 Å². The van der Waals surface area contributed by atoms with E-state index in [-0.39, 0.29) is 6.61 Å². The summed E-state index contributed by atoms with van der Waals surface area (Å²) in [5.41, 5.74) is 0.707. The molecule has 0 atom stereocenters. The van der Waals surface area contributed by atoms with Crippen LogP contribution >= 0.6 is 27.5 Å². The quantitative estimate of drug-likeness (QED) is 0.670. The van der Waals surface area contributed by atoms with Crippen molar-refractivity contribution in [1.29, 1.82) is 0 Å². The van der Waals surface area contributed by atoms with E-state index in [9.17, 15) is 0 Å². The lowest BCUT2D eigenvalue weighted by atomic mass is 10.2.